The molecule has 0 aliphatic heterocycles. The molecule has 0 bridgehead atoms. The standard InChI is InChI=1S/C25H32N2O.C2H2/c1-3-5-9-17-26-20-22(11-4-2)16-18-27-21-23-12-10-15-25(19-23)28-24-13-7-6-8-14-24;1-2/h4-10,12-15,19-20,26-27H,2-3,11,16-18,21H2,1H3;1-2H/b9-5-,22-20+;. The lowest BCUT2D eigenvalue weighted by Gasteiger charge is -2.10. The zero-order chi connectivity index (χ0) is 21.9. The molecule has 3 nitrogen and oxygen atoms in total. The number of allylic oxidation sites excluding steroid dienone is 2. The van der Waals surface area contributed by atoms with Crippen LogP contribution in [0, 0.1) is 12.8 Å². The highest BCUT2D eigenvalue weighted by atomic mass is 16.5. The van der Waals surface area contributed by atoms with Gasteiger partial charge >= 0.3 is 0 Å². The predicted molar refractivity (Wildman–Crippen MR) is 130 cm³/mol. The Hall–Kier alpha value is -3.22. The van der Waals surface area contributed by atoms with Crippen molar-refractivity contribution < 1.29 is 4.74 Å². The monoisotopic (exact) mass is 402 g/mol. The van der Waals surface area contributed by atoms with E-state index in [-0.39, 0.29) is 0 Å². The molecule has 0 fully saturated rings. The molecule has 0 saturated carbocycles. The number of rotatable bonds is 13. The Morgan fingerprint density at radius 2 is 1.80 bits per heavy atom. The first kappa shape index (κ1) is 24.8. The Morgan fingerprint density at radius 3 is 2.53 bits per heavy atom. The van der Waals surface area contributed by atoms with Gasteiger partial charge in [0.05, 0.1) is 0 Å². The van der Waals surface area contributed by atoms with E-state index in [0.717, 1.165) is 50.4 Å². The molecular formula is C27H34N2O. The van der Waals surface area contributed by atoms with Crippen LogP contribution in [0.1, 0.15) is 31.7 Å². The van der Waals surface area contributed by atoms with Crippen LogP contribution in [-0.2, 0) is 6.54 Å². The molecule has 30 heavy (non-hydrogen) atoms. The van der Waals surface area contributed by atoms with Crippen molar-refractivity contribution in [2.45, 2.75) is 32.7 Å². The fourth-order valence-corrected chi connectivity index (χ4v) is 2.77. The minimum absolute atomic E-state index is 0.819. The minimum atomic E-state index is 0.819. The van der Waals surface area contributed by atoms with Gasteiger partial charge in [-0.1, -0.05) is 55.5 Å². The van der Waals surface area contributed by atoms with Crippen LogP contribution in [0.3, 0.4) is 0 Å². The summed E-state index contributed by atoms with van der Waals surface area (Å²) in [6, 6.07) is 18.1. The number of benzene rings is 2. The van der Waals surface area contributed by atoms with Gasteiger partial charge in [-0.2, -0.15) is 0 Å². The number of hydrogen-bond donors (Lipinski definition) is 2. The SMILES string of the molecule is C#C.C=CC/C(=C\NC/C=C\CC)CCNCc1cccc(Oc2ccccc2)c1. The lowest BCUT2D eigenvalue weighted by Crippen LogP contribution is -2.16. The number of hydrogen-bond acceptors (Lipinski definition) is 3. The third-order valence-electron chi connectivity index (χ3n) is 4.18. The second-order valence-corrected chi connectivity index (χ2v) is 6.57. The highest BCUT2D eigenvalue weighted by Crippen LogP contribution is 2.21. The van der Waals surface area contributed by atoms with Crippen LogP contribution in [0.2, 0.25) is 0 Å². The van der Waals surface area contributed by atoms with Crippen molar-refractivity contribution in [3.8, 4) is 24.3 Å². The summed E-state index contributed by atoms with van der Waals surface area (Å²) in [6.07, 6.45) is 19.4. The number of nitrogens with one attached hydrogen (secondary N) is 2. The Labute approximate surface area is 182 Å². The van der Waals surface area contributed by atoms with E-state index >= 15 is 0 Å². The molecule has 2 N–H and O–H groups in total. The molecule has 0 heterocycles. The summed E-state index contributed by atoms with van der Waals surface area (Å²) >= 11 is 0. The zero-order valence-electron chi connectivity index (χ0n) is 18.0. The largest absolute Gasteiger partial charge is 0.457 e. The number of terminal acetylenes is 1. The molecule has 0 aliphatic carbocycles. The summed E-state index contributed by atoms with van der Waals surface area (Å²) in [5, 5.41) is 6.87. The van der Waals surface area contributed by atoms with E-state index in [1.54, 1.807) is 0 Å². The van der Waals surface area contributed by atoms with Crippen LogP contribution < -0.4 is 15.4 Å². The summed E-state index contributed by atoms with van der Waals surface area (Å²) in [5.74, 6) is 1.72. The average Bonchev–Trinajstić information content (AvgIpc) is 2.79. The van der Waals surface area contributed by atoms with Crippen LogP contribution in [0.4, 0.5) is 0 Å². The third kappa shape index (κ3) is 10.9. The van der Waals surface area contributed by atoms with E-state index in [9.17, 15) is 0 Å². The second-order valence-electron chi connectivity index (χ2n) is 6.57. The molecule has 0 amide bonds. The van der Waals surface area contributed by atoms with Crippen molar-refractivity contribution in [2.24, 2.45) is 0 Å². The fraction of sp³-hybridized carbons (Fsp3) is 0.259. The molecule has 0 atom stereocenters. The lowest BCUT2D eigenvalue weighted by molar-refractivity contribution is 0.481. The van der Waals surface area contributed by atoms with Crippen molar-refractivity contribution in [3.63, 3.8) is 0 Å². The predicted octanol–water partition coefficient (Wildman–Crippen LogP) is 6.22. The molecule has 0 aliphatic rings. The number of ether oxygens (including phenoxy) is 1. The van der Waals surface area contributed by atoms with Crippen LogP contribution in [-0.4, -0.2) is 13.1 Å². The quantitative estimate of drug-likeness (QED) is 0.237. The molecule has 0 aromatic heterocycles. The molecule has 2 rings (SSSR count). The van der Waals surface area contributed by atoms with E-state index in [4.69, 9.17) is 4.74 Å². The molecule has 3 heteroatoms. The second kappa shape index (κ2) is 16.7. The summed E-state index contributed by atoms with van der Waals surface area (Å²) in [5.41, 5.74) is 2.57. The normalized spacial score (nSPS) is 10.8. The summed E-state index contributed by atoms with van der Waals surface area (Å²) < 4.78 is 5.91. The van der Waals surface area contributed by atoms with Crippen molar-refractivity contribution in [2.75, 3.05) is 13.1 Å². The molecule has 2 aromatic rings. The highest BCUT2D eigenvalue weighted by molar-refractivity contribution is 5.33. The van der Waals surface area contributed by atoms with E-state index in [1.807, 2.05) is 48.5 Å². The number of para-hydroxylation sites is 1. The Kier molecular flexibility index (Phi) is 13.8. The van der Waals surface area contributed by atoms with E-state index in [2.05, 4.69) is 67.5 Å². The maximum atomic E-state index is 5.91. The van der Waals surface area contributed by atoms with Gasteiger partial charge in [0.2, 0.25) is 0 Å². The molecule has 0 spiro atoms. The van der Waals surface area contributed by atoms with Gasteiger partial charge in [-0.25, -0.2) is 0 Å². The Morgan fingerprint density at radius 1 is 1.03 bits per heavy atom. The van der Waals surface area contributed by atoms with Crippen LogP contribution >= 0.6 is 0 Å². The maximum Gasteiger partial charge on any atom is 0.127 e. The summed E-state index contributed by atoms with van der Waals surface area (Å²) in [4.78, 5) is 0. The highest BCUT2D eigenvalue weighted by Gasteiger charge is 2.00. The zero-order valence-corrected chi connectivity index (χ0v) is 18.0. The Balaban J connectivity index is 0.00000218. The van der Waals surface area contributed by atoms with Crippen molar-refractivity contribution in [1.29, 1.82) is 0 Å². The molecule has 158 valence electrons. The van der Waals surface area contributed by atoms with E-state index in [1.165, 1.54) is 11.1 Å². The first-order valence-corrected chi connectivity index (χ1v) is 10.3. The fourth-order valence-electron chi connectivity index (χ4n) is 2.77. The van der Waals surface area contributed by atoms with Gasteiger partial charge in [-0.15, -0.1) is 19.4 Å². The van der Waals surface area contributed by atoms with Crippen molar-refractivity contribution >= 4 is 0 Å². The summed E-state index contributed by atoms with van der Waals surface area (Å²) in [6.45, 7) is 8.62. The van der Waals surface area contributed by atoms with Gasteiger partial charge in [0, 0.05) is 13.1 Å². The van der Waals surface area contributed by atoms with Gasteiger partial charge in [-0.3, -0.25) is 0 Å². The average molecular weight is 403 g/mol. The van der Waals surface area contributed by atoms with E-state index < -0.39 is 0 Å². The molecule has 0 unspecified atom stereocenters. The van der Waals surface area contributed by atoms with Gasteiger partial charge in [-0.05, 0) is 67.4 Å². The van der Waals surface area contributed by atoms with Gasteiger partial charge in [0.1, 0.15) is 11.5 Å². The molecule has 0 radical (unpaired) electrons. The van der Waals surface area contributed by atoms with Gasteiger partial charge < -0.3 is 15.4 Å². The summed E-state index contributed by atoms with van der Waals surface area (Å²) in [7, 11) is 0. The first-order chi connectivity index (χ1) is 14.8. The topological polar surface area (TPSA) is 33.3 Å². The van der Waals surface area contributed by atoms with Crippen molar-refractivity contribution in [1.82, 2.24) is 10.6 Å². The van der Waals surface area contributed by atoms with Crippen LogP contribution in [0.15, 0.2) is 91.2 Å². The minimum Gasteiger partial charge on any atom is -0.457 e. The molecule has 2 aromatic carbocycles. The van der Waals surface area contributed by atoms with Gasteiger partial charge in [0.25, 0.3) is 0 Å². The van der Waals surface area contributed by atoms with Crippen molar-refractivity contribution in [3.05, 3.63) is 96.7 Å². The van der Waals surface area contributed by atoms with Crippen LogP contribution in [0.5, 0.6) is 11.5 Å². The molecule has 0 saturated heterocycles. The first-order valence-electron chi connectivity index (χ1n) is 10.3. The van der Waals surface area contributed by atoms with Crippen LogP contribution in [0.25, 0.3) is 0 Å². The lowest BCUT2D eigenvalue weighted by atomic mass is 10.1. The third-order valence-corrected chi connectivity index (χ3v) is 4.18. The maximum absolute atomic E-state index is 5.91. The smallest absolute Gasteiger partial charge is 0.127 e. The van der Waals surface area contributed by atoms with E-state index in [0.29, 0.717) is 0 Å². The van der Waals surface area contributed by atoms with Gasteiger partial charge in [0.15, 0.2) is 0 Å². The Bertz CT molecular complexity index is 791. The molecular weight excluding hydrogens is 368 g/mol.